The van der Waals surface area contributed by atoms with E-state index in [-0.39, 0.29) is 0 Å². The molecular formula is C20H14N8O. The highest BCUT2D eigenvalue weighted by Crippen LogP contribution is 2.27. The third kappa shape index (κ3) is 2.18. The summed E-state index contributed by atoms with van der Waals surface area (Å²) < 4.78 is 11.0. The maximum absolute atomic E-state index is 5.25. The highest BCUT2D eigenvalue weighted by molar-refractivity contribution is 5.94. The van der Waals surface area contributed by atoms with E-state index in [4.69, 9.17) is 4.74 Å². The van der Waals surface area contributed by atoms with E-state index < -0.39 is 0 Å². The lowest BCUT2D eigenvalue weighted by Gasteiger charge is -2.09. The zero-order chi connectivity index (χ0) is 19.4. The van der Waals surface area contributed by atoms with E-state index in [2.05, 4.69) is 25.5 Å². The molecule has 140 valence electrons. The van der Waals surface area contributed by atoms with Crippen molar-refractivity contribution in [3.05, 3.63) is 67.3 Å². The number of nitrogens with zero attached hydrogens (tertiary/aromatic N) is 8. The van der Waals surface area contributed by atoms with Gasteiger partial charge < -0.3 is 4.74 Å². The summed E-state index contributed by atoms with van der Waals surface area (Å²) >= 11 is 0. The van der Waals surface area contributed by atoms with E-state index in [9.17, 15) is 0 Å². The quantitative estimate of drug-likeness (QED) is 0.468. The molecule has 0 atom stereocenters. The zero-order valence-electron chi connectivity index (χ0n) is 15.3. The predicted octanol–water partition coefficient (Wildman–Crippen LogP) is 2.79. The van der Waals surface area contributed by atoms with Gasteiger partial charge in [-0.25, -0.2) is 9.67 Å². The summed E-state index contributed by atoms with van der Waals surface area (Å²) in [5, 5.41) is 18.3. The Labute approximate surface area is 163 Å². The summed E-state index contributed by atoms with van der Waals surface area (Å²) in [6.45, 7) is 0. The molecule has 9 nitrogen and oxygen atoms in total. The molecule has 0 unspecified atom stereocenters. The molecule has 0 radical (unpaired) electrons. The van der Waals surface area contributed by atoms with E-state index >= 15 is 0 Å². The molecule has 0 aliphatic carbocycles. The average molecular weight is 382 g/mol. The molecule has 6 rings (SSSR count). The molecule has 0 aliphatic rings. The van der Waals surface area contributed by atoms with Crippen LogP contribution >= 0.6 is 0 Å². The van der Waals surface area contributed by atoms with Gasteiger partial charge >= 0.3 is 0 Å². The first-order valence-corrected chi connectivity index (χ1v) is 8.98. The molecule has 9 heteroatoms. The van der Waals surface area contributed by atoms with Crippen LogP contribution in [0.3, 0.4) is 0 Å². The van der Waals surface area contributed by atoms with Gasteiger partial charge in [0.25, 0.3) is 0 Å². The lowest BCUT2D eigenvalue weighted by molar-refractivity contribution is 0.414. The highest BCUT2D eigenvalue weighted by Gasteiger charge is 2.19. The molecule has 6 aromatic rings. The number of fused-ring (bicyclic) bond motifs is 6. The van der Waals surface area contributed by atoms with Crippen LogP contribution in [0.4, 0.5) is 0 Å². The Kier molecular flexibility index (Phi) is 3.19. The van der Waals surface area contributed by atoms with Crippen molar-refractivity contribution in [3.63, 3.8) is 0 Å². The van der Waals surface area contributed by atoms with E-state index in [0.717, 1.165) is 39.3 Å². The van der Waals surface area contributed by atoms with Gasteiger partial charge in [0.1, 0.15) is 23.4 Å². The second-order valence-corrected chi connectivity index (χ2v) is 6.55. The monoisotopic (exact) mass is 382 g/mol. The van der Waals surface area contributed by atoms with Crippen LogP contribution in [0.25, 0.3) is 39.4 Å². The van der Waals surface area contributed by atoms with E-state index in [1.165, 1.54) is 0 Å². The van der Waals surface area contributed by atoms with Crippen LogP contribution in [0.15, 0.2) is 67.3 Å². The van der Waals surface area contributed by atoms with Crippen LogP contribution in [0, 0.1) is 0 Å². The van der Waals surface area contributed by atoms with E-state index in [1.807, 2.05) is 57.3 Å². The number of ether oxygens (including phenoxy) is 1. The fourth-order valence-corrected chi connectivity index (χ4v) is 3.66. The number of hydrogen-bond donors (Lipinski definition) is 0. The number of methoxy groups -OCH3 is 1. The molecule has 0 saturated carbocycles. The first kappa shape index (κ1) is 15.8. The number of imidazole rings is 1. The lowest BCUT2D eigenvalue weighted by Crippen LogP contribution is -2.03. The number of aromatic nitrogens is 8. The Morgan fingerprint density at radius 2 is 1.79 bits per heavy atom. The summed E-state index contributed by atoms with van der Waals surface area (Å²) in [6.07, 6.45) is 5.27. The van der Waals surface area contributed by atoms with Crippen molar-refractivity contribution in [1.29, 1.82) is 0 Å². The molecule has 0 bridgehead atoms. The minimum absolute atomic E-state index is 0.636. The fraction of sp³-hybridized carbons (Fsp3) is 0.0500. The van der Waals surface area contributed by atoms with Crippen LogP contribution in [0.1, 0.15) is 0 Å². The third-order valence-electron chi connectivity index (χ3n) is 5.01. The Morgan fingerprint density at radius 1 is 0.931 bits per heavy atom. The van der Waals surface area contributed by atoms with Gasteiger partial charge in [0.15, 0.2) is 11.5 Å². The number of benzene rings is 2. The van der Waals surface area contributed by atoms with Gasteiger partial charge in [-0.15, -0.1) is 15.3 Å². The Morgan fingerprint density at radius 3 is 2.66 bits per heavy atom. The van der Waals surface area contributed by atoms with Crippen LogP contribution in [-0.4, -0.2) is 46.1 Å². The third-order valence-corrected chi connectivity index (χ3v) is 5.01. The standard InChI is InChI=1S/C20H14N8O/c1-29-14-8-6-13(7-9-14)28-17(10-22-25-28)20-24-23-19-15-4-2-3-5-16(15)26-12-21-11-18(26)27(19)20/h2-12H,1H3. The minimum Gasteiger partial charge on any atom is -0.497 e. The van der Waals surface area contributed by atoms with Crippen molar-refractivity contribution in [1.82, 2.24) is 39.0 Å². The summed E-state index contributed by atoms with van der Waals surface area (Å²) in [5.74, 6) is 1.41. The normalized spacial score (nSPS) is 11.6. The predicted molar refractivity (Wildman–Crippen MR) is 106 cm³/mol. The molecular weight excluding hydrogens is 368 g/mol. The van der Waals surface area contributed by atoms with Crippen LogP contribution in [-0.2, 0) is 0 Å². The maximum Gasteiger partial charge on any atom is 0.190 e. The first-order valence-electron chi connectivity index (χ1n) is 8.98. The van der Waals surface area contributed by atoms with Gasteiger partial charge in [-0.1, -0.05) is 17.3 Å². The zero-order valence-corrected chi connectivity index (χ0v) is 15.3. The molecule has 0 fully saturated rings. The Balaban J connectivity index is 1.65. The molecule has 0 aliphatic heterocycles. The Hall–Kier alpha value is -4.27. The lowest BCUT2D eigenvalue weighted by atomic mass is 10.2. The van der Waals surface area contributed by atoms with Crippen LogP contribution in [0.2, 0.25) is 0 Å². The SMILES string of the molecule is COc1ccc(-n2nncc2-c2nnc3c4ccccc4n4cncc4n23)cc1. The smallest absolute Gasteiger partial charge is 0.190 e. The van der Waals surface area contributed by atoms with Crippen molar-refractivity contribution >= 4 is 22.2 Å². The largest absolute Gasteiger partial charge is 0.497 e. The summed E-state index contributed by atoms with van der Waals surface area (Å²) in [5.41, 5.74) is 4.21. The minimum atomic E-state index is 0.636. The number of para-hydroxylation sites is 1. The topological polar surface area (TPSA) is 87.4 Å². The van der Waals surface area contributed by atoms with Gasteiger partial charge in [-0.05, 0) is 36.4 Å². The van der Waals surface area contributed by atoms with Crippen molar-refractivity contribution in [2.24, 2.45) is 0 Å². The number of hydrogen-bond acceptors (Lipinski definition) is 6. The van der Waals surface area contributed by atoms with E-state index in [0.29, 0.717) is 5.82 Å². The molecule has 2 aromatic carbocycles. The second-order valence-electron chi connectivity index (χ2n) is 6.55. The van der Waals surface area contributed by atoms with Gasteiger partial charge in [0.2, 0.25) is 0 Å². The first-order chi connectivity index (χ1) is 14.3. The number of rotatable bonds is 3. The summed E-state index contributed by atoms with van der Waals surface area (Å²) in [7, 11) is 1.64. The van der Waals surface area contributed by atoms with Crippen LogP contribution in [0.5, 0.6) is 5.75 Å². The molecule has 0 saturated heterocycles. The molecule has 4 aromatic heterocycles. The second kappa shape index (κ2) is 5.86. The van der Waals surface area contributed by atoms with Crippen LogP contribution < -0.4 is 4.74 Å². The van der Waals surface area contributed by atoms with Gasteiger partial charge in [-0.2, -0.15) is 0 Å². The maximum atomic E-state index is 5.25. The molecule has 0 amide bonds. The van der Waals surface area contributed by atoms with Crippen molar-refractivity contribution in [3.8, 4) is 23.0 Å². The molecule has 4 heterocycles. The van der Waals surface area contributed by atoms with Gasteiger partial charge in [-0.3, -0.25) is 8.80 Å². The van der Waals surface area contributed by atoms with Crippen molar-refractivity contribution < 1.29 is 4.74 Å². The van der Waals surface area contributed by atoms with E-state index in [1.54, 1.807) is 30.5 Å². The molecule has 0 spiro atoms. The molecule has 29 heavy (non-hydrogen) atoms. The Bertz CT molecular complexity index is 1490. The summed E-state index contributed by atoms with van der Waals surface area (Å²) in [4.78, 5) is 4.34. The summed E-state index contributed by atoms with van der Waals surface area (Å²) in [6, 6.07) is 15.7. The highest BCUT2D eigenvalue weighted by atomic mass is 16.5. The average Bonchev–Trinajstić information content (AvgIpc) is 3.52. The van der Waals surface area contributed by atoms with Crippen molar-refractivity contribution in [2.75, 3.05) is 7.11 Å². The van der Waals surface area contributed by atoms with Gasteiger partial charge in [0, 0.05) is 5.39 Å². The molecule has 0 N–H and O–H groups in total. The van der Waals surface area contributed by atoms with Gasteiger partial charge in [0.05, 0.1) is 30.7 Å². The van der Waals surface area contributed by atoms with Crippen molar-refractivity contribution in [2.45, 2.75) is 0 Å². The fourth-order valence-electron chi connectivity index (χ4n) is 3.66.